The minimum absolute atomic E-state index is 0.205. The average Bonchev–Trinajstić information content (AvgIpc) is 3.29. The Labute approximate surface area is 153 Å². The van der Waals surface area contributed by atoms with Gasteiger partial charge in [-0.1, -0.05) is 0 Å². The van der Waals surface area contributed by atoms with Crippen LogP contribution in [0.3, 0.4) is 0 Å². The summed E-state index contributed by atoms with van der Waals surface area (Å²) in [5.41, 5.74) is 2.07. The fourth-order valence-corrected chi connectivity index (χ4v) is 3.98. The first-order chi connectivity index (χ1) is 11.6. The molecule has 1 fully saturated rings. The van der Waals surface area contributed by atoms with E-state index in [2.05, 4.69) is 51.0 Å². The second-order valence-electron chi connectivity index (χ2n) is 6.17. The summed E-state index contributed by atoms with van der Waals surface area (Å²) in [5.74, 6) is 0.923. The van der Waals surface area contributed by atoms with Gasteiger partial charge in [0.25, 0.3) is 0 Å². The third kappa shape index (κ3) is 2.81. The number of carbonyl (C=O) groups excluding carboxylic acids is 1. The Kier molecular flexibility index (Phi) is 4.03. The minimum atomic E-state index is 0.205. The van der Waals surface area contributed by atoms with Gasteiger partial charge in [0.05, 0.1) is 0 Å². The van der Waals surface area contributed by atoms with Gasteiger partial charge < -0.3 is 9.47 Å². The smallest absolute Gasteiger partial charge is 0.242 e. The number of amides is 1. The van der Waals surface area contributed by atoms with Crippen LogP contribution < -0.4 is 0 Å². The van der Waals surface area contributed by atoms with Crippen LogP contribution in [0.4, 0.5) is 0 Å². The zero-order valence-electron chi connectivity index (χ0n) is 13.4. The lowest BCUT2D eigenvalue weighted by Crippen LogP contribution is -2.30. The van der Waals surface area contributed by atoms with Gasteiger partial charge in [-0.3, -0.25) is 9.48 Å². The Morgan fingerprint density at radius 1 is 1.29 bits per heavy atom. The van der Waals surface area contributed by atoms with E-state index in [0.717, 1.165) is 51.8 Å². The lowest BCUT2D eigenvalue weighted by molar-refractivity contribution is -0.130. The first-order valence-corrected chi connectivity index (χ1v) is 9.12. The van der Waals surface area contributed by atoms with Crippen molar-refractivity contribution in [3.63, 3.8) is 0 Å². The molecule has 2 aromatic heterocycles. The van der Waals surface area contributed by atoms with Crippen LogP contribution in [0.15, 0.2) is 30.7 Å². The van der Waals surface area contributed by atoms with Gasteiger partial charge in [-0.25, -0.2) is 4.98 Å². The van der Waals surface area contributed by atoms with Crippen LogP contribution in [0.1, 0.15) is 12.8 Å². The summed E-state index contributed by atoms with van der Waals surface area (Å²) in [5, 5.41) is 5.49. The van der Waals surface area contributed by atoms with E-state index in [0.29, 0.717) is 6.54 Å². The summed E-state index contributed by atoms with van der Waals surface area (Å²) in [6, 6.07) is 6.17. The molecular weight excluding hydrogens is 417 g/mol. The highest BCUT2D eigenvalue weighted by molar-refractivity contribution is 14.1. The molecule has 1 amide bonds. The summed E-state index contributed by atoms with van der Waals surface area (Å²) >= 11 is 2.32. The molecule has 0 bridgehead atoms. The van der Waals surface area contributed by atoms with Crippen LogP contribution in [0.2, 0.25) is 0 Å². The topological polar surface area (TPSA) is 56.0 Å². The Hall–Kier alpha value is -1.90. The van der Waals surface area contributed by atoms with E-state index in [1.54, 1.807) is 11.0 Å². The molecule has 0 saturated carbocycles. The number of halogens is 1. The first-order valence-electron chi connectivity index (χ1n) is 8.04. The monoisotopic (exact) mass is 435 g/mol. The third-order valence-corrected chi connectivity index (χ3v) is 5.31. The van der Waals surface area contributed by atoms with E-state index in [1.165, 1.54) is 0 Å². The van der Waals surface area contributed by atoms with Crippen LogP contribution in [-0.2, 0) is 18.4 Å². The maximum Gasteiger partial charge on any atom is 0.242 e. The fourth-order valence-electron chi connectivity index (χ4n) is 3.21. The minimum Gasteiger partial charge on any atom is -0.341 e. The zero-order valence-corrected chi connectivity index (χ0v) is 15.6. The number of hydrogen-bond donors (Lipinski definition) is 0. The fraction of sp³-hybridized carbons (Fsp3) is 0.353. The van der Waals surface area contributed by atoms with E-state index in [9.17, 15) is 4.79 Å². The molecule has 4 rings (SSSR count). The third-order valence-electron chi connectivity index (χ3n) is 4.45. The molecular formula is C17H18IN5O. The number of aromatic nitrogens is 4. The molecule has 7 heteroatoms. The maximum atomic E-state index is 12.4. The quantitative estimate of drug-likeness (QED) is 0.595. The highest BCUT2D eigenvalue weighted by Crippen LogP contribution is 2.27. The van der Waals surface area contributed by atoms with Gasteiger partial charge >= 0.3 is 0 Å². The lowest BCUT2D eigenvalue weighted by atomic mass is 10.1. The second-order valence-corrected chi connectivity index (χ2v) is 7.33. The van der Waals surface area contributed by atoms with Gasteiger partial charge in [-0.15, -0.1) is 0 Å². The van der Waals surface area contributed by atoms with Crippen molar-refractivity contribution in [3.8, 4) is 11.4 Å². The van der Waals surface area contributed by atoms with Gasteiger partial charge in [0.15, 0.2) is 5.82 Å². The predicted octanol–water partition coefficient (Wildman–Crippen LogP) is 2.66. The van der Waals surface area contributed by atoms with Crippen LogP contribution in [-0.4, -0.2) is 43.2 Å². The van der Waals surface area contributed by atoms with Crippen molar-refractivity contribution in [1.82, 2.24) is 24.2 Å². The molecule has 0 atom stereocenters. The van der Waals surface area contributed by atoms with Crippen molar-refractivity contribution in [2.24, 2.45) is 7.05 Å². The van der Waals surface area contributed by atoms with Gasteiger partial charge in [-0.05, 0) is 53.6 Å². The molecule has 1 aliphatic heterocycles. The Balaban J connectivity index is 1.67. The average molecular weight is 435 g/mol. The van der Waals surface area contributed by atoms with Crippen LogP contribution in [0.25, 0.3) is 22.3 Å². The molecule has 0 unspecified atom stereocenters. The number of aryl methyl sites for hydroxylation is 1. The van der Waals surface area contributed by atoms with Gasteiger partial charge in [0.1, 0.15) is 12.9 Å². The molecule has 6 nitrogen and oxygen atoms in total. The molecule has 1 aliphatic rings. The van der Waals surface area contributed by atoms with Crippen LogP contribution >= 0.6 is 22.6 Å². The Bertz CT molecular complexity index is 907. The number of nitrogens with zero attached hydrogens (tertiary/aromatic N) is 5. The van der Waals surface area contributed by atoms with Crippen molar-refractivity contribution in [1.29, 1.82) is 0 Å². The number of hydrogen-bond acceptors (Lipinski definition) is 3. The maximum absolute atomic E-state index is 12.4. The van der Waals surface area contributed by atoms with Crippen molar-refractivity contribution in [2.75, 3.05) is 13.1 Å². The van der Waals surface area contributed by atoms with E-state index in [4.69, 9.17) is 0 Å². The van der Waals surface area contributed by atoms with Crippen molar-refractivity contribution < 1.29 is 4.79 Å². The van der Waals surface area contributed by atoms with Gasteiger partial charge in [0.2, 0.25) is 5.91 Å². The summed E-state index contributed by atoms with van der Waals surface area (Å²) < 4.78 is 4.88. The normalized spacial score (nSPS) is 14.7. The SMILES string of the molecule is Cn1cnc(-c2ccc3c(c2)c(I)cn3CC(=O)N2CCCC2)n1. The van der Waals surface area contributed by atoms with Crippen LogP contribution in [0, 0.1) is 3.57 Å². The molecule has 0 N–H and O–H groups in total. The Morgan fingerprint density at radius 2 is 2.08 bits per heavy atom. The van der Waals surface area contributed by atoms with E-state index in [1.807, 2.05) is 22.6 Å². The van der Waals surface area contributed by atoms with E-state index < -0.39 is 0 Å². The molecule has 0 aliphatic carbocycles. The number of carbonyl (C=O) groups is 1. The molecule has 3 heterocycles. The highest BCUT2D eigenvalue weighted by atomic mass is 127. The van der Waals surface area contributed by atoms with Crippen molar-refractivity contribution >= 4 is 39.4 Å². The van der Waals surface area contributed by atoms with Crippen molar-refractivity contribution in [2.45, 2.75) is 19.4 Å². The van der Waals surface area contributed by atoms with Gasteiger partial charge in [-0.2, -0.15) is 5.10 Å². The number of benzene rings is 1. The van der Waals surface area contributed by atoms with Gasteiger partial charge in [0, 0.05) is 46.4 Å². The molecule has 24 heavy (non-hydrogen) atoms. The number of likely N-dealkylation sites (tertiary alicyclic amines) is 1. The number of rotatable bonds is 3. The molecule has 124 valence electrons. The molecule has 3 aromatic rings. The molecule has 0 radical (unpaired) electrons. The zero-order chi connectivity index (χ0) is 16.7. The van der Waals surface area contributed by atoms with E-state index >= 15 is 0 Å². The number of fused-ring (bicyclic) bond motifs is 1. The highest BCUT2D eigenvalue weighted by Gasteiger charge is 2.19. The largest absolute Gasteiger partial charge is 0.341 e. The molecule has 0 spiro atoms. The standard InChI is InChI=1S/C17H18IN5O/c1-21-11-19-17(20-21)12-4-5-15-13(8-12)14(18)9-23(15)10-16(24)22-6-2-3-7-22/h4-5,8-9,11H,2-3,6-7,10H2,1H3. The predicted molar refractivity (Wildman–Crippen MR) is 100 cm³/mol. The first kappa shape index (κ1) is 15.6. The van der Waals surface area contributed by atoms with Crippen LogP contribution in [0.5, 0.6) is 0 Å². The van der Waals surface area contributed by atoms with Crippen molar-refractivity contribution in [3.05, 3.63) is 34.3 Å². The molecule has 1 saturated heterocycles. The molecule has 1 aromatic carbocycles. The second kappa shape index (κ2) is 6.19. The summed E-state index contributed by atoms with van der Waals surface area (Å²) in [6.45, 7) is 2.19. The summed E-state index contributed by atoms with van der Waals surface area (Å²) in [6.07, 6.45) is 5.99. The Morgan fingerprint density at radius 3 is 2.79 bits per heavy atom. The van der Waals surface area contributed by atoms with E-state index in [-0.39, 0.29) is 5.91 Å². The summed E-state index contributed by atoms with van der Waals surface area (Å²) in [7, 11) is 1.86. The summed E-state index contributed by atoms with van der Waals surface area (Å²) in [4.78, 5) is 18.7. The lowest BCUT2D eigenvalue weighted by Gasteiger charge is -2.16.